The van der Waals surface area contributed by atoms with Gasteiger partial charge in [-0.3, -0.25) is 9.59 Å². The van der Waals surface area contributed by atoms with Crippen LogP contribution in [0.5, 0.6) is 0 Å². The maximum absolute atomic E-state index is 12.0. The van der Waals surface area contributed by atoms with Crippen molar-refractivity contribution in [1.29, 1.82) is 0 Å². The predicted octanol–water partition coefficient (Wildman–Crippen LogP) is 1.52. The molecular formula is C14H15N3O3S. The third kappa shape index (κ3) is 4.37. The lowest BCUT2D eigenvalue weighted by Gasteiger charge is -2.04. The number of amides is 1. The first kappa shape index (κ1) is 15.1. The van der Waals surface area contributed by atoms with Crippen molar-refractivity contribution in [2.45, 2.75) is 12.8 Å². The summed E-state index contributed by atoms with van der Waals surface area (Å²) in [5.74, 6) is -1.18. The van der Waals surface area contributed by atoms with Crippen molar-refractivity contribution in [3.63, 3.8) is 0 Å². The third-order valence-corrected chi connectivity index (χ3v) is 3.62. The Hall–Kier alpha value is -2.25. The fraction of sp³-hybridized carbons (Fsp3) is 0.214. The molecule has 7 heteroatoms. The quantitative estimate of drug-likeness (QED) is 0.750. The number of benzene rings is 1. The lowest BCUT2D eigenvalue weighted by molar-refractivity contribution is -0.136. The van der Waals surface area contributed by atoms with Gasteiger partial charge in [-0.2, -0.15) is 0 Å². The first-order valence-electron chi connectivity index (χ1n) is 6.35. The first-order chi connectivity index (χ1) is 10.1. The Bertz CT molecular complexity index is 637. The third-order valence-electron chi connectivity index (χ3n) is 2.71. The molecule has 0 fully saturated rings. The Morgan fingerprint density at radius 2 is 2.00 bits per heavy atom. The number of carbonyl (C=O) groups excluding carboxylic acids is 1. The second-order valence-corrected chi connectivity index (χ2v) is 5.33. The topological polar surface area (TPSA) is 105 Å². The summed E-state index contributed by atoms with van der Waals surface area (Å²) in [4.78, 5) is 26.8. The van der Waals surface area contributed by atoms with Crippen LogP contribution in [-0.2, 0) is 17.6 Å². The van der Waals surface area contributed by atoms with Gasteiger partial charge in [-0.1, -0.05) is 12.1 Å². The van der Waals surface area contributed by atoms with E-state index in [9.17, 15) is 9.59 Å². The number of anilines is 1. The van der Waals surface area contributed by atoms with Crippen LogP contribution >= 0.6 is 11.3 Å². The summed E-state index contributed by atoms with van der Waals surface area (Å²) >= 11 is 1.41. The molecule has 2 aromatic rings. The van der Waals surface area contributed by atoms with Gasteiger partial charge >= 0.3 is 5.97 Å². The number of rotatable bonds is 6. The van der Waals surface area contributed by atoms with E-state index in [2.05, 4.69) is 10.3 Å². The van der Waals surface area contributed by atoms with E-state index in [-0.39, 0.29) is 12.3 Å². The Kier molecular flexibility index (Phi) is 5.02. The zero-order valence-electron chi connectivity index (χ0n) is 11.2. The van der Waals surface area contributed by atoms with Crippen molar-refractivity contribution >= 4 is 28.9 Å². The molecule has 0 aliphatic carbocycles. The van der Waals surface area contributed by atoms with Gasteiger partial charge in [-0.05, 0) is 24.2 Å². The van der Waals surface area contributed by atoms with Gasteiger partial charge in [0.25, 0.3) is 5.91 Å². The van der Waals surface area contributed by atoms with E-state index in [1.807, 2.05) is 0 Å². The fourth-order valence-electron chi connectivity index (χ4n) is 1.73. The molecule has 4 N–H and O–H groups in total. The average Bonchev–Trinajstić information content (AvgIpc) is 2.89. The molecule has 1 aromatic carbocycles. The summed E-state index contributed by atoms with van der Waals surface area (Å²) in [6.07, 6.45) is 0.616. The highest BCUT2D eigenvalue weighted by Gasteiger charge is 2.11. The van der Waals surface area contributed by atoms with E-state index in [0.29, 0.717) is 29.9 Å². The lowest BCUT2D eigenvalue weighted by atomic mass is 10.1. The van der Waals surface area contributed by atoms with E-state index in [1.165, 1.54) is 11.3 Å². The van der Waals surface area contributed by atoms with Gasteiger partial charge in [0.15, 0.2) is 0 Å². The molecule has 110 valence electrons. The minimum absolute atomic E-state index is 0.0389. The molecule has 0 atom stereocenters. The summed E-state index contributed by atoms with van der Waals surface area (Å²) in [5.41, 5.74) is 7.08. The molecule has 0 bridgehead atoms. The molecule has 1 amide bonds. The van der Waals surface area contributed by atoms with Gasteiger partial charge in [-0.15, -0.1) is 11.3 Å². The minimum atomic E-state index is -0.887. The molecule has 0 spiro atoms. The maximum atomic E-state index is 12.0. The molecule has 2 rings (SSSR count). The van der Waals surface area contributed by atoms with E-state index in [0.717, 1.165) is 5.01 Å². The molecule has 0 unspecified atom stereocenters. The number of thiazole rings is 1. The molecule has 1 aromatic heterocycles. The molecule has 0 radical (unpaired) electrons. The summed E-state index contributed by atoms with van der Waals surface area (Å²) < 4.78 is 0. The molecule has 6 nitrogen and oxygen atoms in total. The number of nitrogens with two attached hydrogens (primary N) is 1. The molecule has 0 aliphatic rings. The molecular weight excluding hydrogens is 290 g/mol. The minimum Gasteiger partial charge on any atom is -0.481 e. The number of carboxylic acid groups (broad SMARTS) is 1. The zero-order chi connectivity index (χ0) is 15.2. The summed E-state index contributed by atoms with van der Waals surface area (Å²) in [5, 5.41) is 13.9. The predicted molar refractivity (Wildman–Crippen MR) is 80.6 cm³/mol. The summed E-state index contributed by atoms with van der Waals surface area (Å²) in [7, 11) is 0. The number of hydrogen-bond donors (Lipinski definition) is 3. The number of carbonyl (C=O) groups is 2. The lowest BCUT2D eigenvalue weighted by Crippen LogP contribution is -2.13. The van der Waals surface area contributed by atoms with Crippen LogP contribution in [0.2, 0.25) is 0 Å². The van der Waals surface area contributed by atoms with E-state index < -0.39 is 5.97 Å². The highest BCUT2D eigenvalue weighted by atomic mass is 32.1. The summed E-state index contributed by atoms with van der Waals surface area (Å²) in [6.45, 7) is 0.500. The van der Waals surface area contributed by atoms with Crippen LogP contribution in [0.15, 0.2) is 29.6 Å². The average molecular weight is 305 g/mol. The van der Waals surface area contributed by atoms with Crippen molar-refractivity contribution in [2.75, 3.05) is 11.9 Å². The van der Waals surface area contributed by atoms with Crippen LogP contribution in [0.25, 0.3) is 0 Å². The van der Waals surface area contributed by atoms with Gasteiger partial charge < -0.3 is 16.2 Å². The van der Waals surface area contributed by atoms with Gasteiger partial charge in [0, 0.05) is 17.5 Å². The van der Waals surface area contributed by atoms with Crippen molar-refractivity contribution in [3.05, 3.63) is 45.9 Å². The normalized spacial score (nSPS) is 10.3. The SMILES string of the molecule is NCCc1nc(C(=O)Nc2ccc(CC(=O)O)cc2)cs1. The maximum Gasteiger partial charge on any atom is 0.307 e. The Balaban J connectivity index is 1.99. The smallest absolute Gasteiger partial charge is 0.307 e. The van der Waals surface area contributed by atoms with Gasteiger partial charge in [-0.25, -0.2) is 4.98 Å². The number of aromatic nitrogens is 1. The number of aliphatic carboxylic acids is 1. The van der Waals surface area contributed by atoms with Gasteiger partial charge in [0.1, 0.15) is 5.69 Å². The Labute approximate surface area is 125 Å². The van der Waals surface area contributed by atoms with Crippen LogP contribution in [0, 0.1) is 0 Å². The van der Waals surface area contributed by atoms with Crippen LogP contribution in [0.4, 0.5) is 5.69 Å². The molecule has 0 saturated heterocycles. The van der Waals surface area contributed by atoms with Crippen molar-refractivity contribution < 1.29 is 14.7 Å². The molecule has 21 heavy (non-hydrogen) atoms. The van der Waals surface area contributed by atoms with Crippen LogP contribution < -0.4 is 11.1 Å². The first-order valence-corrected chi connectivity index (χ1v) is 7.23. The van der Waals surface area contributed by atoms with Crippen molar-refractivity contribution in [3.8, 4) is 0 Å². The number of nitrogens with zero attached hydrogens (tertiary/aromatic N) is 1. The number of nitrogens with one attached hydrogen (secondary N) is 1. The van der Waals surface area contributed by atoms with Crippen LogP contribution in [-0.4, -0.2) is 28.5 Å². The van der Waals surface area contributed by atoms with Crippen molar-refractivity contribution in [2.24, 2.45) is 5.73 Å². The molecule has 0 aliphatic heterocycles. The number of hydrogen-bond acceptors (Lipinski definition) is 5. The van der Waals surface area contributed by atoms with E-state index in [4.69, 9.17) is 10.8 Å². The fourth-order valence-corrected chi connectivity index (χ4v) is 2.52. The zero-order valence-corrected chi connectivity index (χ0v) is 12.0. The molecule has 1 heterocycles. The van der Waals surface area contributed by atoms with Gasteiger partial charge in [0.2, 0.25) is 0 Å². The van der Waals surface area contributed by atoms with E-state index in [1.54, 1.807) is 29.6 Å². The van der Waals surface area contributed by atoms with Gasteiger partial charge in [0.05, 0.1) is 11.4 Å². The van der Waals surface area contributed by atoms with Crippen LogP contribution in [0.1, 0.15) is 21.1 Å². The van der Waals surface area contributed by atoms with Crippen molar-refractivity contribution in [1.82, 2.24) is 4.98 Å². The highest BCUT2D eigenvalue weighted by Crippen LogP contribution is 2.14. The second-order valence-electron chi connectivity index (χ2n) is 4.39. The monoisotopic (exact) mass is 305 g/mol. The summed E-state index contributed by atoms with van der Waals surface area (Å²) in [6, 6.07) is 6.68. The number of carboxylic acids is 1. The Morgan fingerprint density at radius 3 is 2.62 bits per heavy atom. The Morgan fingerprint density at radius 1 is 1.29 bits per heavy atom. The largest absolute Gasteiger partial charge is 0.481 e. The molecule has 0 saturated carbocycles. The standard InChI is InChI=1S/C14H15N3O3S/c15-6-5-12-17-11(8-21-12)14(20)16-10-3-1-9(2-4-10)7-13(18)19/h1-4,8H,5-7,15H2,(H,16,20)(H,18,19). The second kappa shape index (κ2) is 6.96. The van der Waals surface area contributed by atoms with E-state index >= 15 is 0 Å². The highest BCUT2D eigenvalue weighted by molar-refractivity contribution is 7.09. The van der Waals surface area contributed by atoms with Crippen LogP contribution in [0.3, 0.4) is 0 Å².